The van der Waals surface area contributed by atoms with E-state index in [1.807, 2.05) is 20.8 Å². The second-order valence-corrected chi connectivity index (χ2v) is 15.2. The van der Waals surface area contributed by atoms with E-state index in [1.165, 1.54) is 41.4 Å². The van der Waals surface area contributed by atoms with Crippen LogP contribution in [0.5, 0.6) is 11.6 Å². The van der Waals surface area contributed by atoms with Crippen LogP contribution in [-0.2, 0) is 24.2 Å². The number of fused-ring (bicyclic) bond motifs is 1. The third-order valence-electron chi connectivity index (χ3n) is 9.86. The van der Waals surface area contributed by atoms with Gasteiger partial charge in [-0.15, -0.1) is 0 Å². The Labute approximate surface area is 310 Å². The molecule has 2 amide bonds. The van der Waals surface area contributed by atoms with Gasteiger partial charge in [0.2, 0.25) is 5.88 Å². The molecular weight excluding hydrogens is 700 g/mol. The van der Waals surface area contributed by atoms with Gasteiger partial charge in [-0.3, -0.25) is 19.1 Å². The SMILES string of the molecule is CC(C)(C)OC(=O)N1CCC(CN2CCc3c(ncnc3Oc3ccc(NC(=O)c4cn(CC5CC5)c(=O)n(-c5ccc(F)cc5)c4=O)cc3F)C2)CC1. The van der Waals surface area contributed by atoms with Gasteiger partial charge in [0.1, 0.15) is 23.3 Å². The second kappa shape index (κ2) is 15.1. The number of ether oxygens (including phenoxy) is 2. The lowest BCUT2D eigenvalue weighted by Gasteiger charge is -2.36. The number of nitrogens with one attached hydrogen (secondary N) is 1. The molecule has 4 aromatic rings. The topological polar surface area (TPSA) is 141 Å². The van der Waals surface area contributed by atoms with Gasteiger partial charge in [0, 0.05) is 62.8 Å². The highest BCUT2D eigenvalue weighted by atomic mass is 19.1. The van der Waals surface area contributed by atoms with Gasteiger partial charge in [0.05, 0.1) is 11.4 Å². The number of hydrogen-bond acceptors (Lipinski definition) is 9. The highest BCUT2D eigenvalue weighted by Crippen LogP contribution is 2.32. The molecular formula is C39H43F2N7O6. The summed E-state index contributed by atoms with van der Waals surface area (Å²) in [5.74, 6) is -1.32. The van der Waals surface area contributed by atoms with Crippen molar-refractivity contribution >= 4 is 17.7 Å². The molecule has 0 bridgehead atoms. The van der Waals surface area contributed by atoms with Crippen LogP contribution in [0.2, 0.25) is 0 Å². The van der Waals surface area contributed by atoms with E-state index in [1.54, 1.807) is 4.90 Å². The van der Waals surface area contributed by atoms with Gasteiger partial charge in [-0.2, -0.15) is 0 Å². The van der Waals surface area contributed by atoms with Gasteiger partial charge < -0.3 is 19.7 Å². The Bertz CT molecular complexity index is 2170. The van der Waals surface area contributed by atoms with Gasteiger partial charge in [0.25, 0.3) is 11.5 Å². The number of aromatic nitrogens is 4. The third kappa shape index (κ3) is 8.51. The van der Waals surface area contributed by atoms with Crippen LogP contribution in [0.4, 0.5) is 19.3 Å². The number of piperidine rings is 1. The summed E-state index contributed by atoms with van der Waals surface area (Å²) in [6.45, 7) is 9.43. The van der Waals surface area contributed by atoms with Gasteiger partial charge in [0.15, 0.2) is 11.6 Å². The lowest BCUT2D eigenvalue weighted by atomic mass is 9.95. The number of hydrogen-bond donors (Lipinski definition) is 1. The Morgan fingerprint density at radius 3 is 2.33 bits per heavy atom. The third-order valence-corrected chi connectivity index (χ3v) is 9.86. The Kier molecular flexibility index (Phi) is 10.3. The number of anilines is 1. The summed E-state index contributed by atoms with van der Waals surface area (Å²) in [5.41, 5.74) is -0.590. The fourth-order valence-corrected chi connectivity index (χ4v) is 6.86. The number of amides is 2. The van der Waals surface area contributed by atoms with E-state index in [0.717, 1.165) is 72.8 Å². The largest absolute Gasteiger partial charge is 0.444 e. The number of likely N-dealkylation sites (tertiary alicyclic amines) is 1. The summed E-state index contributed by atoms with van der Waals surface area (Å²) in [7, 11) is 0. The zero-order valence-electron chi connectivity index (χ0n) is 30.5. The molecule has 7 rings (SSSR count). The summed E-state index contributed by atoms with van der Waals surface area (Å²) in [5, 5.41) is 2.56. The number of halogens is 2. The maximum atomic E-state index is 15.5. The van der Waals surface area contributed by atoms with Crippen molar-refractivity contribution in [2.75, 3.05) is 31.5 Å². The quantitative estimate of drug-likeness (QED) is 0.235. The van der Waals surface area contributed by atoms with E-state index in [4.69, 9.17) is 9.47 Å². The van der Waals surface area contributed by atoms with E-state index in [-0.39, 0.29) is 40.6 Å². The first kappa shape index (κ1) is 36.9. The van der Waals surface area contributed by atoms with Crippen molar-refractivity contribution in [1.29, 1.82) is 0 Å². The fourth-order valence-electron chi connectivity index (χ4n) is 6.86. The summed E-state index contributed by atoms with van der Waals surface area (Å²) < 4.78 is 42.7. The molecule has 0 unspecified atom stereocenters. The number of carbonyl (C=O) groups is 2. The number of nitrogens with zero attached hydrogens (tertiary/aromatic N) is 6. The van der Waals surface area contributed by atoms with Gasteiger partial charge >= 0.3 is 11.8 Å². The van der Waals surface area contributed by atoms with Crippen molar-refractivity contribution in [2.45, 2.75) is 71.6 Å². The van der Waals surface area contributed by atoms with Gasteiger partial charge in [-0.25, -0.2) is 32.9 Å². The molecule has 0 spiro atoms. The summed E-state index contributed by atoms with van der Waals surface area (Å²) in [4.78, 5) is 65.5. The average molecular weight is 744 g/mol. The molecule has 3 aliphatic rings. The zero-order chi connectivity index (χ0) is 38.1. The molecule has 2 aromatic heterocycles. The monoisotopic (exact) mass is 743 g/mol. The summed E-state index contributed by atoms with van der Waals surface area (Å²) in [6, 6.07) is 8.72. The average Bonchev–Trinajstić information content (AvgIpc) is 3.95. The van der Waals surface area contributed by atoms with Crippen molar-refractivity contribution in [2.24, 2.45) is 11.8 Å². The molecule has 1 N–H and O–H groups in total. The maximum Gasteiger partial charge on any atom is 0.410 e. The predicted molar refractivity (Wildman–Crippen MR) is 195 cm³/mol. The van der Waals surface area contributed by atoms with Crippen LogP contribution in [0.1, 0.15) is 68.1 Å². The van der Waals surface area contributed by atoms with Crippen LogP contribution in [0.3, 0.4) is 0 Å². The number of benzene rings is 2. The minimum absolute atomic E-state index is 0.0646. The predicted octanol–water partition coefficient (Wildman–Crippen LogP) is 5.53. The Balaban J connectivity index is 1.00. The number of rotatable bonds is 9. The first-order valence-corrected chi connectivity index (χ1v) is 18.3. The molecule has 0 radical (unpaired) electrons. The van der Waals surface area contributed by atoms with E-state index < -0.39 is 34.4 Å². The summed E-state index contributed by atoms with van der Waals surface area (Å²) in [6.07, 6.45) is 6.57. The normalized spacial score (nSPS) is 16.5. The van der Waals surface area contributed by atoms with Crippen LogP contribution in [-0.4, -0.2) is 72.7 Å². The fraction of sp³-hybridized carbons (Fsp3) is 0.436. The Hall–Kier alpha value is -5.44. The molecule has 2 aliphatic heterocycles. The van der Waals surface area contributed by atoms with Crippen LogP contribution in [0.15, 0.2) is 64.6 Å². The molecule has 1 saturated carbocycles. The van der Waals surface area contributed by atoms with Crippen molar-refractivity contribution in [3.63, 3.8) is 0 Å². The molecule has 284 valence electrons. The molecule has 1 saturated heterocycles. The van der Waals surface area contributed by atoms with Gasteiger partial charge in [-0.05, 0) is 101 Å². The zero-order valence-corrected chi connectivity index (χ0v) is 30.5. The van der Waals surface area contributed by atoms with Crippen LogP contribution in [0, 0.1) is 23.5 Å². The molecule has 2 aromatic carbocycles. The standard InChI is InChI=1S/C39H43F2N7O6/c1-39(2,3)54-38(52)46-16-12-25(13-17-46)19-45-15-14-29-32(22-45)42-23-43-35(29)53-33-11-8-27(18-31(33)41)44-34(49)30-21-47(20-24-4-5-24)37(51)48(36(30)50)28-9-6-26(40)7-10-28/h6-11,18,21,23-25H,4-5,12-17,19-20,22H2,1-3H3,(H,44,49). The molecule has 54 heavy (non-hydrogen) atoms. The van der Waals surface area contributed by atoms with Gasteiger partial charge in [-0.1, -0.05) is 0 Å². The highest BCUT2D eigenvalue weighted by Gasteiger charge is 2.30. The molecule has 4 heterocycles. The Morgan fingerprint density at radius 1 is 0.926 bits per heavy atom. The Morgan fingerprint density at radius 2 is 1.65 bits per heavy atom. The van der Waals surface area contributed by atoms with E-state index in [0.29, 0.717) is 38.5 Å². The second-order valence-electron chi connectivity index (χ2n) is 15.2. The van der Waals surface area contributed by atoms with E-state index >= 15 is 4.39 Å². The molecule has 2 fully saturated rings. The summed E-state index contributed by atoms with van der Waals surface area (Å²) >= 11 is 0. The number of carbonyl (C=O) groups excluding carboxylic acids is 2. The van der Waals surface area contributed by atoms with E-state index in [2.05, 4.69) is 20.2 Å². The molecule has 1 aliphatic carbocycles. The first-order valence-electron chi connectivity index (χ1n) is 18.3. The van der Waals surface area contributed by atoms with Crippen molar-refractivity contribution in [3.8, 4) is 17.3 Å². The smallest absolute Gasteiger partial charge is 0.410 e. The minimum Gasteiger partial charge on any atom is -0.444 e. The van der Waals surface area contributed by atoms with Crippen molar-refractivity contribution in [1.82, 2.24) is 28.9 Å². The van der Waals surface area contributed by atoms with E-state index in [9.17, 15) is 23.6 Å². The molecule has 13 nitrogen and oxygen atoms in total. The first-order chi connectivity index (χ1) is 25.8. The van der Waals surface area contributed by atoms with Crippen molar-refractivity contribution < 1.29 is 27.8 Å². The maximum absolute atomic E-state index is 15.5. The van der Waals surface area contributed by atoms with Crippen LogP contribution in [0.25, 0.3) is 5.69 Å². The van der Waals surface area contributed by atoms with Crippen LogP contribution < -0.4 is 21.3 Å². The molecule has 0 atom stereocenters. The van der Waals surface area contributed by atoms with Crippen molar-refractivity contribution in [3.05, 3.63) is 104 Å². The lowest BCUT2D eigenvalue weighted by molar-refractivity contribution is 0.0167. The molecule has 15 heteroatoms. The van der Waals surface area contributed by atoms with Crippen LogP contribution >= 0.6 is 0 Å². The highest BCUT2D eigenvalue weighted by molar-refractivity contribution is 6.03. The lowest BCUT2D eigenvalue weighted by Crippen LogP contribution is -2.44. The minimum atomic E-state index is -0.882.